The van der Waals surface area contributed by atoms with Crippen molar-refractivity contribution in [2.24, 2.45) is 5.92 Å². The molecule has 1 aromatic heterocycles. The number of rotatable bonds is 6. The lowest BCUT2D eigenvalue weighted by molar-refractivity contribution is 0.0697. The van der Waals surface area contributed by atoms with Crippen molar-refractivity contribution in [2.45, 2.75) is 64.3 Å². The van der Waals surface area contributed by atoms with Crippen LogP contribution in [0.1, 0.15) is 73.7 Å². The first-order valence-electron chi connectivity index (χ1n) is 14.2. The van der Waals surface area contributed by atoms with E-state index in [1.165, 1.54) is 85.9 Å². The molecule has 1 unspecified atom stereocenters. The Balaban J connectivity index is 1.43. The molecule has 1 N–H and O–H groups in total. The van der Waals surface area contributed by atoms with Gasteiger partial charge in [-0.05, 0) is 80.0 Å². The van der Waals surface area contributed by atoms with E-state index < -0.39 is 5.97 Å². The van der Waals surface area contributed by atoms with E-state index in [4.69, 9.17) is 11.6 Å². The van der Waals surface area contributed by atoms with Crippen molar-refractivity contribution in [2.75, 3.05) is 37.6 Å². The molecule has 2 aromatic carbocycles. The molecule has 37 heavy (non-hydrogen) atoms. The number of likely N-dealkylation sites (tertiary alicyclic amines) is 1. The van der Waals surface area contributed by atoms with Crippen molar-refractivity contribution in [1.29, 1.82) is 0 Å². The minimum absolute atomic E-state index is 0.360. The maximum atomic E-state index is 11.9. The Morgan fingerprint density at radius 3 is 2.62 bits per heavy atom. The van der Waals surface area contributed by atoms with E-state index in [-0.39, 0.29) is 0 Å². The summed E-state index contributed by atoms with van der Waals surface area (Å²) in [6, 6.07) is 12.1. The molecule has 1 aliphatic carbocycles. The van der Waals surface area contributed by atoms with Gasteiger partial charge in [-0.15, -0.1) is 0 Å². The molecule has 0 bridgehead atoms. The Labute approximate surface area is 225 Å². The minimum Gasteiger partial charge on any atom is -0.478 e. The van der Waals surface area contributed by atoms with Gasteiger partial charge in [0.1, 0.15) is 0 Å². The molecule has 3 aromatic rings. The molecule has 5 nitrogen and oxygen atoms in total. The summed E-state index contributed by atoms with van der Waals surface area (Å²) in [5.41, 5.74) is 6.57. The zero-order valence-electron chi connectivity index (χ0n) is 21.9. The van der Waals surface area contributed by atoms with Gasteiger partial charge in [0.2, 0.25) is 0 Å². The van der Waals surface area contributed by atoms with Gasteiger partial charge in [-0.2, -0.15) is 0 Å². The average molecular weight is 520 g/mol. The highest BCUT2D eigenvalue weighted by Gasteiger charge is 2.31. The van der Waals surface area contributed by atoms with Gasteiger partial charge in [-0.25, -0.2) is 4.79 Å². The maximum Gasteiger partial charge on any atom is 0.335 e. The largest absolute Gasteiger partial charge is 0.478 e. The number of nitrogens with zero attached hydrogens (tertiary/aromatic N) is 3. The zero-order chi connectivity index (χ0) is 25.5. The second-order valence-corrected chi connectivity index (χ2v) is 11.7. The van der Waals surface area contributed by atoms with Crippen LogP contribution in [0.15, 0.2) is 36.4 Å². The lowest BCUT2D eigenvalue weighted by atomic mass is 9.91. The second-order valence-electron chi connectivity index (χ2n) is 11.3. The van der Waals surface area contributed by atoms with Crippen LogP contribution < -0.4 is 4.90 Å². The number of carboxylic acid groups (broad SMARTS) is 1. The predicted octanol–water partition coefficient (Wildman–Crippen LogP) is 7.26. The number of aromatic nitrogens is 1. The minimum atomic E-state index is -0.866. The monoisotopic (exact) mass is 519 g/mol. The number of anilines is 1. The van der Waals surface area contributed by atoms with Crippen LogP contribution in [0.5, 0.6) is 0 Å². The number of halogens is 1. The molecule has 3 heterocycles. The molecular weight excluding hydrogens is 482 g/mol. The van der Waals surface area contributed by atoms with Crippen LogP contribution in [-0.4, -0.2) is 53.3 Å². The molecule has 0 spiro atoms. The topological polar surface area (TPSA) is 48.7 Å². The third-order valence-corrected chi connectivity index (χ3v) is 9.36. The van der Waals surface area contributed by atoms with Gasteiger partial charge in [0.25, 0.3) is 0 Å². The number of carbonyl (C=O) groups is 1. The van der Waals surface area contributed by atoms with E-state index in [1.807, 2.05) is 12.1 Å². The van der Waals surface area contributed by atoms with Crippen molar-refractivity contribution in [3.8, 4) is 11.3 Å². The number of hydrogen-bond donors (Lipinski definition) is 1. The van der Waals surface area contributed by atoms with Gasteiger partial charge < -0.3 is 19.5 Å². The average Bonchev–Trinajstić information content (AvgIpc) is 3.51. The summed E-state index contributed by atoms with van der Waals surface area (Å²) >= 11 is 6.60. The second kappa shape index (κ2) is 10.3. The summed E-state index contributed by atoms with van der Waals surface area (Å²) in [7, 11) is 0. The first-order valence-corrected chi connectivity index (χ1v) is 14.6. The first kappa shape index (κ1) is 24.8. The van der Waals surface area contributed by atoms with Crippen LogP contribution in [0.25, 0.3) is 22.2 Å². The predicted molar refractivity (Wildman–Crippen MR) is 152 cm³/mol. The van der Waals surface area contributed by atoms with Crippen LogP contribution in [0, 0.1) is 5.92 Å². The maximum absolute atomic E-state index is 11.9. The molecule has 6 heteroatoms. The third kappa shape index (κ3) is 4.66. The lowest BCUT2D eigenvalue weighted by Crippen LogP contribution is -2.41. The van der Waals surface area contributed by atoms with E-state index in [0.717, 1.165) is 42.6 Å². The molecule has 6 rings (SSSR count). The van der Waals surface area contributed by atoms with Crippen LogP contribution in [0.4, 0.5) is 5.69 Å². The van der Waals surface area contributed by atoms with Gasteiger partial charge in [0, 0.05) is 59.9 Å². The molecular formula is C31H38ClN3O2. The Morgan fingerprint density at radius 1 is 1.00 bits per heavy atom. The fourth-order valence-electron chi connectivity index (χ4n) is 7.15. The summed E-state index contributed by atoms with van der Waals surface area (Å²) < 4.78 is 2.41. The summed E-state index contributed by atoms with van der Waals surface area (Å²) in [5, 5.41) is 11.7. The summed E-state index contributed by atoms with van der Waals surface area (Å²) in [6.07, 6.45) is 8.86. The highest BCUT2D eigenvalue weighted by molar-refractivity contribution is 6.31. The standard InChI is InChI=1S/C31H38ClN3O2/c1-2-21-6-5-13-33(20-21)14-15-34-16-17-35-28-18-23(31(36)37)9-11-25(28)29(22-7-3-4-8-22)30(35)26-12-10-24(32)19-27(26)34/h9-12,18-19,21-22H,2-8,13-17,20H2,1H3,(H,36,37). The van der Waals surface area contributed by atoms with Gasteiger partial charge in [-0.3, -0.25) is 0 Å². The van der Waals surface area contributed by atoms with Gasteiger partial charge in [0.05, 0.1) is 11.3 Å². The molecule has 0 radical (unpaired) electrons. The normalized spacial score (nSPS) is 20.7. The molecule has 0 amide bonds. The Morgan fingerprint density at radius 2 is 1.84 bits per heavy atom. The van der Waals surface area contributed by atoms with Gasteiger partial charge >= 0.3 is 5.97 Å². The SMILES string of the molecule is CCC1CCCN(CCN2CCn3c(c(C4CCCC4)c4ccc(C(=O)O)cc43)-c3ccc(Cl)cc32)C1. The van der Waals surface area contributed by atoms with Crippen LogP contribution in [-0.2, 0) is 6.54 Å². The lowest BCUT2D eigenvalue weighted by Gasteiger charge is -2.34. The molecule has 1 saturated heterocycles. The molecule has 1 saturated carbocycles. The fourth-order valence-corrected chi connectivity index (χ4v) is 7.32. The number of hydrogen-bond acceptors (Lipinski definition) is 3. The number of aromatic carboxylic acids is 1. The third-order valence-electron chi connectivity index (χ3n) is 9.13. The molecule has 2 fully saturated rings. The van der Waals surface area contributed by atoms with Crippen LogP contribution in [0.3, 0.4) is 0 Å². The van der Waals surface area contributed by atoms with E-state index in [9.17, 15) is 9.90 Å². The van der Waals surface area contributed by atoms with Crippen LogP contribution >= 0.6 is 11.6 Å². The highest BCUT2D eigenvalue weighted by Crippen LogP contribution is 2.48. The summed E-state index contributed by atoms with van der Waals surface area (Å²) in [4.78, 5) is 17.0. The van der Waals surface area contributed by atoms with E-state index in [2.05, 4.69) is 39.5 Å². The fraction of sp³-hybridized carbons (Fsp3) is 0.516. The van der Waals surface area contributed by atoms with Crippen molar-refractivity contribution in [3.63, 3.8) is 0 Å². The number of fused-ring (bicyclic) bond motifs is 5. The summed E-state index contributed by atoms with van der Waals surface area (Å²) in [5.74, 6) is 0.474. The van der Waals surface area contributed by atoms with Crippen LogP contribution in [0.2, 0.25) is 5.02 Å². The Bertz CT molecular complexity index is 1310. The van der Waals surface area contributed by atoms with Gasteiger partial charge in [-0.1, -0.05) is 43.9 Å². The molecule has 3 aliphatic rings. The molecule has 1 atom stereocenters. The Hall–Kier alpha value is -2.50. The molecule has 2 aliphatic heterocycles. The van der Waals surface area contributed by atoms with Gasteiger partial charge in [0.15, 0.2) is 0 Å². The van der Waals surface area contributed by atoms with E-state index in [0.29, 0.717) is 11.5 Å². The quantitative estimate of drug-likeness (QED) is 0.372. The first-order chi connectivity index (χ1) is 18.0. The van der Waals surface area contributed by atoms with Crippen molar-refractivity contribution in [3.05, 3.63) is 52.5 Å². The Kier molecular flexibility index (Phi) is 6.93. The van der Waals surface area contributed by atoms with E-state index in [1.54, 1.807) is 6.07 Å². The van der Waals surface area contributed by atoms with Crippen molar-refractivity contribution >= 4 is 34.2 Å². The van der Waals surface area contributed by atoms with Crippen molar-refractivity contribution in [1.82, 2.24) is 9.47 Å². The smallest absolute Gasteiger partial charge is 0.335 e. The number of benzene rings is 2. The molecule has 196 valence electrons. The van der Waals surface area contributed by atoms with E-state index >= 15 is 0 Å². The number of piperidine rings is 1. The highest BCUT2D eigenvalue weighted by atomic mass is 35.5. The number of carboxylic acids is 1. The summed E-state index contributed by atoms with van der Waals surface area (Å²) in [6.45, 7) is 8.49. The van der Waals surface area contributed by atoms with Crippen molar-refractivity contribution < 1.29 is 9.90 Å². The zero-order valence-corrected chi connectivity index (χ0v) is 22.6.